The molecule has 4 nitrogen and oxygen atoms in total. The summed E-state index contributed by atoms with van der Waals surface area (Å²) in [5, 5.41) is 0. The van der Waals surface area contributed by atoms with Gasteiger partial charge in [-0.3, -0.25) is 4.79 Å². The van der Waals surface area contributed by atoms with Crippen molar-refractivity contribution in [2.45, 2.75) is 39.3 Å². The molecule has 0 aliphatic carbocycles. The number of nitrogens with zero attached hydrogens (tertiary/aromatic N) is 2. The van der Waals surface area contributed by atoms with Gasteiger partial charge in [-0.05, 0) is 37.3 Å². The Morgan fingerprint density at radius 1 is 1.20 bits per heavy atom. The second kappa shape index (κ2) is 11.7. The standard InChI is InChI=1S/C19H31N3O.2ClH/c1-15(2)18(20)19(23)22-11-9-17(10-12-22)14-21(3)13-16-7-5-4-6-8-16;;/h4-8,15,17-18H,9-14,20H2,1-3H3;2*1H. The summed E-state index contributed by atoms with van der Waals surface area (Å²) in [6.07, 6.45) is 2.16. The zero-order valence-electron chi connectivity index (χ0n) is 15.6. The van der Waals surface area contributed by atoms with Crippen LogP contribution in [0.4, 0.5) is 0 Å². The number of piperidine rings is 1. The molecule has 1 atom stereocenters. The van der Waals surface area contributed by atoms with Gasteiger partial charge in [0.05, 0.1) is 6.04 Å². The maximum absolute atomic E-state index is 12.3. The first-order chi connectivity index (χ1) is 11.0. The molecule has 1 heterocycles. The number of halogens is 2. The molecule has 25 heavy (non-hydrogen) atoms. The highest BCUT2D eigenvalue weighted by molar-refractivity contribution is 5.85. The van der Waals surface area contributed by atoms with Crippen molar-refractivity contribution in [1.29, 1.82) is 0 Å². The number of benzene rings is 1. The summed E-state index contributed by atoms with van der Waals surface area (Å²) in [5.41, 5.74) is 7.35. The third kappa shape index (κ3) is 7.53. The van der Waals surface area contributed by atoms with E-state index in [4.69, 9.17) is 5.73 Å². The summed E-state index contributed by atoms with van der Waals surface area (Å²) in [4.78, 5) is 16.6. The third-order valence-electron chi connectivity index (χ3n) is 4.79. The lowest BCUT2D eigenvalue weighted by Gasteiger charge is -2.35. The van der Waals surface area contributed by atoms with Crippen molar-refractivity contribution in [1.82, 2.24) is 9.80 Å². The third-order valence-corrected chi connectivity index (χ3v) is 4.79. The molecule has 1 aliphatic heterocycles. The number of amides is 1. The second-order valence-electron chi connectivity index (χ2n) is 7.22. The van der Waals surface area contributed by atoms with Crippen LogP contribution in [-0.4, -0.2) is 48.4 Å². The summed E-state index contributed by atoms with van der Waals surface area (Å²) < 4.78 is 0. The molecule has 1 aliphatic rings. The van der Waals surface area contributed by atoms with E-state index in [0.29, 0.717) is 5.92 Å². The lowest BCUT2D eigenvalue weighted by molar-refractivity contribution is -0.135. The van der Waals surface area contributed by atoms with E-state index >= 15 is 0 Å². The largest absolute Gasteiger partial charge is 0.341 e. The Hall–Kier alpha value is -0.810. The van der Waals surface area contributed by atoms with Crippen LogP contribution in [0.1, 0.15) is 32.3 Å². The fourth-order valence-corrected chi connectivity index (χ4v) is 3.23. The van der Waals surface area contributed by atoms with Crippen LogP contribution in [0, 0.1) is 11.8 Å². The normalized spacial score (nSPS) is 16.3. The molecule has 1 fully saturated rings. The summed E-state index contributed by atoms with van der Waals surface area (Å²) in [7, 11) is 2.18. The van der Waals surface area contributed by atoms with E-state index in [1.165, 1.54) is 5.56 Å². The van der Waals surface area contributed by atoms with Crippen LogP contribution in [-0.2, 0) is 11.3 Å². The van der Waals surface area contributed by atoms with E-state index in [0.717, 1.165) is 39.0 Å². The molecule has 2 N–H and O–H groups in total. The fraction of sp³-hybridized carbons (Fsp3) is 0.632. The highest BCUT2D eigenvalue weighted by Gasteiger charge is 2.28. The number of carbonyl (C=O) groups excluding carboxylic acids is 1. The minimum absolute atomic E-state index is 0. The molecule has 0 saturated carbocycles. The van der Waals surface area contributed by atoms with Crippen molar-refractivity contribution < 1.29 is 4.79 Å². The topological polar surface area (TPSA) is 49.6 Å². The van der Waals surface area contributed by atoms with Crippen molar-refractivity contribution in [3.8, 4) is 0 Å². The van der Waals surface area contributed by atoms with E-state index in [1.807, 2.05) is 18.7 Å². The van der Waals surface area contributed by atoms with Crippen LogP contribution in [0.15, 0.2) is 30.3 Å². The van der Waals surface area contributed by atoms with Crippen LogP contribution in [0.3, 0.4) is 0 Å². The Bertz CT molecular complexity index is 491. The van der Waals surface area contributed by atoms with Gasteiger partial charge in [0.2, 0.25) is 5.91 Å². The quantitative estimate of drug-likeness (QED) is 0.812. The van der Waals surface area contributed by atoms with E-state index in [-0.39, 0.29) is 42.7 Å². The van der Waals surface area contributed by atoms with Crippen molar-refractivity contribution in [3.05, 3.63) is 35.9 Å². The molecule has 0 spiro atoms. The van der Waals surface area contributed by atoms with Crippen molar-refractivity contribution >= 4 is 30.7 Å². The number of hydrogen-bond donors (Lipinski definition) is 1. The first-order valence-electron chi connectivity index (χ1n) is 8.74. The Morgan fingerprint density at radius 2 is 1.76 bits per heavy atom. The predicted octanol–water partition coefficient (Wildman–Crippen LogP) is 3.18. The molecule has 1 aromatic carbocycles. The smallest absolute Gasteiger partial charge is 0.239 e. The van der Waals surface area contributed by atoms with Crippen molar-refractivity contribution in [3.63, 3.8) is 0 Å². The van der Waals surface area contributed by atoms with Gasteiger partial charge in [-0.1, -0.05) is 44.2 Å². The first kappa shape index (κ1) is 24.2. The number of hydrogen-bond acceptors (Lipinski definition) is 3. The van der Waals surface area contributed by atoms with Gasteiger partial charge in [0.25, 0.3) is 0 Å². The SMILES string of the molecule is CC(C)C(N)C(=O)N1CCC(CN(C)Cc2ccccc2)CC1.Cl.Cl. The maximum atomic E-state index is 12.3. The molecule has 0 bridgehead atoms. The van der Waals surface area contributed by atoms with E-state index in [9.17, 15) is 4.79 Å². The molecule has 144 valence electrons. The molecule has 0 radical (unpaired) electrons. The minimum Gasteiger partial charge on any atom is -0.341 e. The zero-order chi connectivity index (χ0) is 16.8. The molecule has 0 aromatic heterocycles. The Labute approximate surface area is 164 Å². The fourth-order valence-electron chi connectivity index (χ4n) is 3.23. The molecular formula is C19H33Cl2N3O. The van der Waals surface area contributed by atoms with Crippen molar-refractivity contribution in [2.24, 2.45) is 17.6 Å². The maximum Gasteiger partial charge on any atom is 0.239 e. The molecule has 1 saturated heterocycles. The number of likely N-dealkylation sites (tertiary alicyclic amines) is 1. The minimum atomic E-state index is -0.354. The summed E-state index contributed by atoms with van der Waals surface area (Å²) in [6.45, 7) is 7.79. The van der Waals surface area contributed by atoms with Gasteiger partial charge in [-0.25, -0.2) is 0 Å². The van der Waals surface area contributed by atoms with Gasteiger partial charge in [0.1, 0.15) is 0 Å². The predicted molar refractivity (Wildman–Crippen MR) is 109 cm³/mol. The monoisotopic (exact) mass is 389 g/mol. The molecule has 1 amide bonds. The average molecular weight is 390 g/mol. The molecule has 1 unspecified atom stereocenters. The molecule has 6 heteroatoms. The Balaban J connectivity index is 0.00000288. The highest BCUT2D eigenvalue weighted by atomic mass is 35.5. The first-order valence-corrected chi connectivity index (χ1v) is 8.74. The van der Waals surface area contributed by atoms with Gasteiger partial charge in [0.15, 0.2) is 0 Å². The Kier molecular flexibility index (Phi) is 11.4. The molecule has 1 aromatic rings. The highest BCUT2D eigenvalue weighted by Crippen LogP contribution is 2.20. The summed E-state index contributed by atoms with van der Waals surface area (Å²) >= 11 is 0. The lowest BCUT2D eigenvalue weighted by atomic mass is 9.94. The van der Waals surface area contributed by atoms with E-state index in [2.05, 4.69) is 42.3 Å². The van der Waals surface area contributed by atoms with Crippen LogP contribution in [0.5, 0.6) is 0 Å². The van der Waals surface area contributed by atoms with E-state index < -0.39 is 0 Å². The van der Waals surface area contributed by atoms with Crippen LogP contribution in [0.25, 0.3) is 0 Å². The lowest BCUT2D eigenvalue weighted by Crippen LogP contribution is -2.49. The number of nitrogens with two attached hydrogens (primary N) is 1. The van der Waals surface area contributed by atoms with Gasteiger partial charge < -0.3 is 15.5 Å². The van der Waals surface area contributed by atoms with Crippen LogP contribution in [0.2, 0.25) is 0 Å². The average Bonchev–Trinajstić information content (AvgIpc) is 2.55. The van der Waals surface area contributed by atoms with Crippen LogP contribution >= 0.6 is 24.8 Å². The van der Waals surface area contributed by atoms with Gasteiger partial charge in [0, 0.05) is 26.2 Å². The zero-order valence-corrected chi connectivity index (χ0v) is 17.2. The van der Waals surface area contributed by atoms with Gasteiger partial charge in [-0.15, -0.1) is 24.8 Å². The van der Waals surface area contributed by atoms with E-state index in [1.54, 1.807) is 0 Å². The van der Waals surface area contributed by atoms with Crippen molar-refractivity contribution in [2.75, 3.05) is 26.7 Å². The number of rotatable bonds is 6. The van der Waals surface area contributed by atoms with Gasteiger partial charge in [-0.2, -0.15) is 0 Å². The molecular weight excluding hydrogens is 357 g/mol. The summed E-state index contributed by atoms with van der Waals surface area (Å²) in [5.74, 6) is 0.997. The van der Waals surface area contributed by atoms with Gasteiger partial charge >= 0.3 is 0 Å². The second-order valence-corrected chi connectivity index (χ2v) is 7.22. The van der Waals surface area contributed by atoms with Crippen LogP contribution < -0.4 is 5.73 Å². The summed E-state index contributed by atoms with van der Waals surface area (Å²) in [6, 6.07) is 10.2. The molecule has 2 rings (SSSR count). The number of carbonyl (C=O) groups is 1. The Morgan fingerprint density at radius 3 is 2.28 bits per heavy atom.